The van der Waals surface area contributed by atoms with Crippen LogP contribution in [-0.2, 0) is 0 Å². The Morgan fingerprint density at radius 1 is 1.46 bits per heavy atom. The van der Waals surface area contributed by atoms with Crippen LogP contribution in [-0.4, -0.2) is 16.7 Å². The molecule has 1 aromatic heterocycles. The summed E-state index contributed by atoms with van der Waals surface area (Å²) in [5, 5.41) is 10.8. The molecule has 0 radical (unpaired) electrons. The molecule has 1 aliphatic rings. The maximum atomic E-state index is 4.28. The van der Waals surface area contributed by atoms with E-state index in [0.717, 1.165) is 18.2 Å². The van der Waals surface area contributed by atoms with Crippen LogP contribution < -0.4 is 5.32 Å². The quantitative estimate of drug-likeness (QED) is 0.690. The predicted octanol–water partition coefficient (Wildman–Crippen LogP) is 1.78. The number of H-pyrrole nitrogens is 1. The van der Waals surface area contributed by atoms with Crippen molar-refractivity contribution in [2.24, 2.45) is 5.92 Å². The summed E-state index contributed by atoms with van der Waals surface area (Å²) in [6.07, 6.45) is 2.52. The van der Waals surface area contributed by atoms with E-state index < -0.39 is 0 Å². The van der Waals surface area contributed by atoms with E-state index in [1.165, 1.54) is 18.5 Å². The number of hydrogen-bond acceptors (Lipinski definition) is 2. The van der Waals surface area contributed by atoms with Gasteiger partial charge in [-0.2, -0.15) is 5.10 Å². The first-order chi connectivity index (χ1) is 6.25. The Balaban J connectivity index is 2.02. The standard InChI is InChI=1S/C10H17N3/c1-7-3-4-9(11-6-7)10-5-8(2)12-13-10/h5,7,9,11H,3-4,6H2,1-2H3,(H,12,13). The summed E-state index contributed by atoms with van der Waals surface area (Å²) >= 11 is 0. The Labute approximate surface area is 78.9 Å². The van der Waals surface area contributed by atoms with E-state index in [0.29, 0.717) is 6.04 Å². The van der Waals surface area contributed by atoms with Crippen molar-refractivity contribution in [1.82, 2.24) is 15.5 Å². The van der Waals surface area contributed by atoms with Crippen molar-refractivity contribution >= 4 is 0 Å². The van der Waals surface area contributed by atoms with Crippen molar-refractivity contribution in [2.45, 2.75) is 32.7 Å². The third-order valence-corrected chi connectivity index (χ3v) is 2.74. The van der Waals surface area contributed by atoms with Crippen molar-refractivity contribution in [3.63, 3.8) is 0 Å². The van der Waals surface area contributed by atoms with Crippen LogP contribution in [0, 0.1) is 12.8 Å². The Morgan fingerprint density at radius 2 is 2.31 bits per heavy atom. The van der Waals surface area contributed by atoms with Crippen molar-refractivity contribution in [3.05, 3.63) is 17.5 Å². The zero-order valence-electron chi connectivity index (χ0n) is 8.30. The van der Waals surface area contributed by atoms with Gasteiger partial charge in [-0.25, -0.2) is 0 Å². The second-order valence-corrected chi connectivity index (χ2v) is 4.12. The monoisotopic (exact) mass is 179 g/mol. The molecule has 0 spiro atoms. The van der Waals surface area contributed by atoms with Gasteiger partial charge in [-0.15, -0.1) is 0 Å². The lowest BCUT2D eigenvalue weighted by Gasteiger charge is -2.26. The Morgan fingerprint density at radius 3 is 2.85 bits per heavy atom. The summed E-state index contributed by atoms with van der Waals surface area (Å²) in [4.78, 5) is 0. The van der Waals surface area contributed by atoms with Crippen LogP contribution in [0.5, 0.6) is 0 Å². The van der Waals surface area contributed by atoms with Gasteiger partial charge >= 0.3 is 0 Å². The minimum atomic E-state index is 0.473. The number of aromatic nitrogens is 2. The van der Waals surface area contributed by atoms with Crippen LogP contribution in [0.15, 0.2) is 6.07 Å². The highest BCUT2D eigenvalue weighted by Gasteiger charge is 2.20. The summed E-state index contributed by atoms with van der Waals surface area (Å²) in [6.45, 7) is 5.46. The summed E-state index contributed by atoms with van der Waals surface area (Å²) in [6, 6.07) is 2.61. The van der Waals surface area contributed by atoms with Gasteiger partial charge < -0.3 is 5.32 Å². The zero-order chi connectivity index (χ0) is 9.26. The summed E-state index contributed by atoms with van der Waals surface area (Å²) in [7, 11) is 0. The normalized spacial score (nSPS) is 29.1. The van der Waals surface area contributed by atoms with E-state index in [4.69, 9.17) is 0 Å². The number of nitrogens with one attached hydrogen (secondary N) is 2. The molecule has 0 aliphatic carbocycles. The van der Waals surface area contributed by atoms with Gasteiger partial charge in [-0.3, -0.25) is 5.10 Å². The summed E-state index contributed by atoms with van der Waals surface area (Å²) in [5.74, 6) is 0.816. The Hall–Kier alpha value is -0.830. The summed E-state index contributed by atoms with van der Waals surface area (Å²) in [5.41, 5.74) is 2.32. The lowest BCUT2D eigenvalue weighted by Crippen LogP contribution is -2.32. The van der Waals surface area contributed by atoms with E-state index in [1.54, 1.807) is 0 Å². The van der Waals surface area contributed by atoms with Crippen LogP contribution in [0.25, 0.3) is 0 Å². The van der Waals surface area contributed by atoms with Crippen LogP contribution in [0.2, 0.25) is 0 Å². The molecule has 3 nitrogen and oxygen atoms in total. The fraction of sp³-hybridized carbons (Fsp3) is 0.700. The smallest absolute Gasteiger partial charge is 0.0794 e. The average Bonchev–Trinajstić information content (AvgIpc) is 2.53. The van der Waals surface area contributed by atoms with Crippen molar-refractivity contribution in [1.29, 1.82) is 0 Å². The van der Waals surface area contributed by atoms with E-state index in [-0.39, 0.29) is 0 Å². The van der Waals surface area contributed by atoms with E-state index in [9.17, 15) is 0 Å². The molecule has 2 heterocycles. The molecule has 2 rings (SSSR count). The van der Waals surface area contributed by atoms with Gasteiger partial charge in [0, 0.05) is 5.69 Å². The van der Waals surface area contributed by atoms with Gasteiger partial charge in [-0.05, 0) is 38.3 Å². The molecule has 0 bridgehead atoms. The van der Waals surface area contributed by atoms with Gasteiger partial charge in [0.1, 0.15) is 0 Å². The average molecular weight is 179 g/mol. The number of piperidine rings is 1. The summed E-state index contributed by atoms with van der Waals surface area (Å²) < 4.78 is 0. The highest BCUT2D eigenvalue weighted by Crippen LogP contribution is 2.24. The number of aryl methyl sites for hydroxylation is 1. The fourth-order valence-electron chi connectivity index (χ4n) is 1.87. The lowest BCUT2D eigenvalue weighted by molar-refractivity contribution is 0.328. The van der Waals surface area contributed by atoms with Gasteiger partial charge in [0.15, 0.2) is 0 Å². The number of aromatic amines is 1. The largest absolute Gasteiger partial charge is 0.308 e. The molecule has 1 saturated heterocycles. The maximum absolute atomic E-state index is 4.28. The van der Waals surface area contributed by atoms with E-state index in [2.05, 4.69) is 28.5 Å². The lowest BCUT2D eigenvalue weighted by atomic mass is 9.95. The molecule has 1 fully saturated rings. The SMILES string of the molecule is Cc1cc(C2CCC(C)CN2)n[nH]1. The number of hydrogen-bond donors (Lipinski definition) is 2. The van der Waals surface area contributed by atoms with Gasteiger partial charge in [-0.1, -0.05) is 6.92 Å². The third-order valence-electron chi connectivity index (χ3n) is 2.74. The Bertz CT molecular complexity index is 271. The van der Waals surface area contributed by atoms with Crippen LogP contribution in [0.3, 0.4) is 0 Å². The molecule has 0 saturated carbocycles. The third kappa shape index (κ3) is 1.91. The van der Waals surface area contributed by atoms with E-state index in [1.807, 2.05) is 6.92 Å². The predicted molar refractivity (Wildman–Crippen MR) is 52.5 cm³/mol. The van der Waals surface area contributed by atoms with E-state index >= 15 is 0 Å². The first-order valence-corrected chi connectivity index (χ1v) is 5.01. The highest BCUT2D eigenvalue weighted by molar-refractivity contribution is 5.11. The topological polar surface area (TPSA) is 40.7 Å². The first-order valence-electron chi connectivity index (χ1n) is 5.01. The minimum absolute atomic E-state index is 0.473. The van der Waals surface area contributed by atoms with Crippen LogP contribution in [0.1, 0.15) is 37.2 Å². The molecule has 2 unspecified atom stereocenters. The zero-order valence-corrected chi connectivity index (χ0v) is 8.30. The second-order valence-electron chi connectivity index (χ2n) is 4.12. The van der Waals surface area contributed by atoms with Crippen molar-refractivity contribution in [3.8, 4) is 0 Å². The molecule has 1 aliphatic heterocycles. The molecule has 72 valence electrons. The first kappa shape index (κ1) is 8.75. The molecule has 3 heteroatoms. The molecule has 13 heavy (non-hydrogen) atoms. The van der Waals surface area contributed by atoms with Gasteiger partial charge in [0.05, 0.1) is 11.7 Å². The van der Waals surface area contributed by atoms with Crippen molar-refractivity contribution < 1.29 is 0 Å². The maximum Gasteiger partial charge on any atom is 0.0794 e. The van der Waals surface area contributed by atoms with Crippen molar-refractivity contribution in [2.75, 3.05) is 6.54 Å². The molecule has 2 atom stereocenters. The highest BCUT2D eigenvalue weighted by atomic mass is 15.1. The number of rotatable bonds is 1. The molecular formula is C10H17N3. The van der Waals surface area contributed by atoms with Gasteiger partial charge in [0.25, 0.3) is 0 Å². The molecule has 0 aromatic carbocycles. The number of nitrogens with zero attached hydrogens (tertiary/aromatic N) is 1. The second kappa shape index (κ2) is 3.50. The molecule has 1 aromatic rings. The Kier molecular flexibility index (Phi) is 2.36. The van der Waals surface area contributed by atoms with Crippen LogP contribution in [0.4, 0.5) is 0 Å². The van der Waals surface area contributed by atoms with Gasteiger partial charge in [0.2, 0.25) is 0 Å². The minimum Gasteiger partial charge on any atom is -0.308 e. The molecular weight excluding hydrogens is 162 g/mol. The molecule has 2 N–H and O–H groups in total. The fourth-order valence-corrected chi connectivity index (χ4v) is 1.87. The molecule has 0 amide bonds. The van der Waals surface area contributed by atoms with Crippen LogP contribution >= 0.6 is 0 Å².